The SMILES string of the molecule is Cc1nc2ccc(Cc3nc(Cc4ccc5nc(C)sc5c4)nc(NCc4ccco4)n3)cc2s1. The Morgan fingerprint density at radius 1 is 0.743 bits per heavy atom. The van der Waals surface area contributed by atoms with Crippen molar-refractivity contribution in [2.75, 3.05) is 5.32 Å². The van der Waals surface area contributed by atoms with Gasteiger partial charge in [0.05, 0.1) is 43.3 Å². The number of benzene rings is 2. The van der Waals surface area contributed by atoms with Gasteiger partial charge in [0.25, 0.3) is 0 Å². The van der Waals surface area contributed by atoms with E-state index in [-0.39, 0.29) is 0 Å². The third-order valence-corrected chi connectivity index (χ3v) is 7.44. The van der Waals surface area contributed by atoms with Crippen LogP contribution in [0, 0.1) is 13.8 Å². The molecule has 0 saturated heterocycles. The molecule has 6 rings (SSSR count). The first-order valence-corrected chi connectivity index (χ1v) is 12.9. The first-order valence-electron chi connectivity index (χ1n) is 11.3. The van der Waals surface area contributed by atoms with Crippen LogP contribution in [0.3, 0.4) is 0 Å². The van der Waals surface area contributed by atoms with E-state index in [9.17, 15) is 0 Å². The fourth-order valence-corrected chi connectivity index (χ4v) is 5.82. The molecule has 4 aromatic heterocycles. The van der Waals surface area contributed by atoms with Crippen LogP contribution in [0.15, 0.2) is 59.2 Å². The summed E-state index contributed by atoms with van der Waals surface area (Å²) in [6.07, 6.45) is 2.89. The molecule has 0 aliphatic rings. The lowest BCUT2D eigenvalue weighted by Crippen LogP contribution is -2.11. The number of nitrogens with zero attached hydrogens (tertiary/aromatic N) is 5. The van der Waals surface area contributed by atoms with E-state index in [0.29, 0.717) is 25.3 Å². The molecule has 0 aliphatic carbocycles. The highest BCUT2D eigenvalue weighted by atomic mass is 32.1. The normalized spacial score (nSPS) is 11.5. The van der Waals surface area contributed by atoms with Gasteiger partial charge in [-0.2, -0.15) is 9.97 Å². The molecule has 0 atom stereocenters. The molecule has 1 N–H and O–H groups in total. The van der Waals surface area contributed by atoms with E-state index in [1.54, 1.807) is 28.9 Å². The summed E-state index contributed by atoms with van der Waals surface area (Å²) in [5.74, 6) is 2.83. The maximum atomic E-state index is 5.45. The van der Waals surface area contributed by atoms with Gasteiger partial charge in [0, 0.05) is 12.8 Å². The summed E-state index contributed by atoms with van der Waals surface area (Å²) in [5, 5.41) is 5.43. The van der Waals surface area contributed by atoms with Crippen molar-refractivity contribution in [3.05, 3.63) is 93.3 Å². The maximum absolute atomic E-state index is 5.45. The summed E-state index contributed by atoms with van der Waals surface area (Å²) in [6.45, 7) is 4.57. The van der Waals surface area contributed by atoms with Crippen LogP contribution < -0.4 is 5.32 Å². The Morgan fingerprint density at radius 2 is 1.34 bits per heavy atom. The zero-order chi connectivity index (χ0) is 23.8. The number of hydrogen-bond acceptors (Lipinski definition) is 9. The molecular formula is C26H22N6OS2. The van der Waals surface area contributed by atoms with Crippen molar-refractivity contribution in [1.82, 2.24) is 24.9 Å². The molecule has 35 heavy (non-hydrogen) atoms. The molecule has 9 heteroatoms. The Kier molecular flexibility index (Phi) is 5.71. The van der Waals surface area contributed by atoms with Crippen molar-refractivity contribution in [2.24, 2.45) is 0 Å². The van der Waals surface area contributed by atoms with Crippen molar-refractivity contribution in [3.63, 3.8) is 0 Å². The fraction of sp³-hybridized carbons (Fsp3) is 0.192. The van der Waals surface area contributed by atoms with Crippen molar-refractivity contribution < 1.29 is 4.42 Å². The van der Waals surface area contributed by atoms with Crippen molar-refractivity contribution in [3.8, 4) is 0 Å². The van der Waals surface area contributed by atoms with Crippen LogP contribution in [0.4, 0.5) is 5.95 Å². The Bertz CT molecular complexity index is 1540. The number of furan rings is 1. The molecule has 0 aliphatic heterocycles. The summed E-state index contributed by atoms with van der Waals surface area (Å²) in [4.78, 5) is 23.4. The minimum absolute atomic E-state index is 0.508. The number of rotatable bonds is 7. The molecule has 0 fully saturated rings. The summed E-state index contributed by atoms with van der Waals surface area (Å²) in [7, 11) is 0. The van der Waals surface area contributed by atoms with E-state index < -0.39 is 0 Å². The smallest absolute Gasteiger partial charge is 0.226 e. The van der Waals surface area contributed by atoms with Gasteiger partial charge in [-0.25, -0.2) is 15.0 Å². The first kappa shape index (κ1) is 21.8. The quantitative estimate of drug-likeness (QED) is 0.285. The highest BCUT2D eigenvalue weighted by Crippen LogP contribution is 2.25. The van der Waals surface area contributed by atoms with Crippen LogP contribution in [-0.2, 0) is 19.4 Å². The Balaban J connectivity index is 1.31. The van der Waals surface area contributed by atoms with Crippen molar-refractivity contribution in [2.45, 2.75) is 33.2 Å². The Hall–Kier alpha value is -3.69. The largest absolute Gasteiger partial charge is 0.467 e. The molecule has 0 bridgehead atoms. The number of nitrogens with one attached hydrogen (secondary N) is 1. The molecule has 0 unspecified atom stereocenters. The Morgan fingerprint density at radius 3 is 1.89 bits per heavy atom. The molecule has 7 nitrogen and oxygen atoms in total. The van der Waals surface area contributed by atoms with Crippen molar-refractivity contribution >= 4 is 49.1 Å². The monoisotopic (exact) mass is 498 g/mol. The standard InChI is InChI=1S/C26H22N6OS2/c1-15-28-20-7-5-17(10-22(20)34-15)12-24-30-25(32-26(31-24)27-14-19-4-3-9-33-19)13-18-6-8-21-23(11-18)35-16(2)29-21/h3-11H,12-14H2,1-2H3,(H,27,30,31,32). The van der Waals surface area contributed by atoms with E-state index in [4.69, 9.17) is 19.4 Å². The summed E-state index contributed by atoms with van der Waals surface area (Å²) < 4.78 is 7.81. The molecule has 174 valence electrons. The first-order chi connectivity index (χ1) is 17.1. The van der Waals surface area contributed by atoms with Gasteiger partial charge in [-0.05, 0) is 61.4 Å². The van der Waals surface area contributed by atoms with E-state index in [1.807, 2.05) is 26.0 Å². The van der Waals surface area contributed by atoms with E-state index in [2.05, 4.69) is 51.7 Å². The zero-order valence-electron chi connectivity index (χ0n) is 19.3. The van der Waals surface area contributed by atoms with Gasteiger partial charge in [-0.15, -0.1) is 22.7 Å². The summed E-state index contributed by atoms with van der Waals surface area (Å²) in [6, 6.07) is 16.5. The average molecular weight is 499 g/mol. The second-order valence-corrected chi connectivity index (χ2v) is 10.8. The number of anilines is 1. The van der Waals surface area contributed by atoms with Gasteiger partial charge >= 0.3 is 0 Å². The Labute approximate surface area is 210 Å². The molecule has 0 saturated carbocycles. The number of thiazole rings is 2. The number of hydrogen-bond donors (Lipinski definition) is 1. The van der Waals surface area contributed by atoms with E-state index in [1.165, 1.54) is 9.40 Å². The van der Waals surface area contributed by atoms with Gasteiger partial charge in [-0.1, -0.05) is 12.1 Å². The van der Waals surface area contributed by atoms with Gasteiger partial charge < -0.3 is 9.73 Å². The third-order valence-electron chi connectivity index (χ3n) is 5.57. The van der Waals surface area contributed by atoms with Gasteiger partial charge in [0.2, 0.25) is 5.95 Å². The minimum atomic E-state index is 0.508. The summed E-state index contributed by atoms with van der Waals surface area (Å²) in [5.41, 5.74) is 4.36. The molecular weight excluding hydrogens is 476 g/mol. The average Bonchev–Trinajstić information content (AvgIpc) is 3.55. The van der Waals surface area contributed by atoms with Gasteiger partial charge in [0.15, 0.2) is 0 Å². The van der Waals surface area contributed by atoms with Crippen molar-refractivity contribution in [1.29, 1.82) is 0 Å². The summed E-state index contributed by atoms with van der Waals surface area (Å²) >= 11 is 3.41. The molecule has 0 amide bonds. The topological polar surface area (TPSA) is 89.6 Å². The number of aryl methyl sites for hydroxylation is 2. The minimum Gasteiger partial charge on any atom is -0.467 e. The zero-order valence-corrected chi connectivity index (χ0v) is 20.9. The fourth-order valence-electron chi connectivity index (χ4n) is 4.04. The number of aromatic nitrogens is 5. The van der Waals surface area contributed by atoms with Crippen LogP contribution in [0.5, 0.6) is 0 Å². The lowest BCUT2D eigenvalue weighted by atomic mass is 10.1. The van der Waals surface area contributed by atoms with Crippen LogP contribution in [0.1, 0.15) is 38.6 Å². The van der Waals surface area contributed by atoms with Crippen LogP contribution in [0.2, 0.25) is 0 Å². The predicted octanol–water partition coefficient (Wildman–Crippen LogP) is 6.09. The number of fused-ring (bicyclic) bond motifs is 2. The van der Waals surface area contributed by atoms with Crippen LogP contribution in [0.25, 0.3) is 20.4 Å². The van der Waals surface area contributed by atoms with Crippen LogP contribution in [-0.4, -0.2) is 24.9 Å². The lowest BCUT2D eigenvalue weighted by molar-refractivity contribution is 0.517. The molecule has 4 heterocycles. The van der Waals surface area contributed by atoms with Crippen LogP contribution >= 0.6 is 22.7 Å². The second kappa shape index (κ2) is 9.16. The van der Waals surface area contributed by atoms with Gasteiger partial charge in [0.1, 0.15) is 17.4 Å². The van der Waals surface area contributed by atoms with E-state index in [0.717, 1.165) is 49.6 Å². The lowest BCUT2D eigenvalue weighted by Gasteiger charge is -2.09. The maximum Gasteiger partial charge on any atom is 0.226 e. The molecule has 0 radical (unpaired) electrons. The molecule has 2 aromatic carbocycles. The third kappa shape index (κ3) is 4.91. The molecule has 6 aromatic rings. The highest BCUT2D eigenvalue weighted by Gasteiger charge is 2.11. The van der Waals surface area contributed by atoms with E-state index >= 15 is 0 Å². The predicted molar refractivity (Wildman–Crippen MR) is 140 cm³/mol. The molecule has 0 spiro atoms. The highest BCUT2D eigenvalue weighted by molar-refractivity contribution is 7.18. The van der Waals surface area contributed by atoms with Gasteiger partial charge in [-0.3, -0.25) is 0 Å². The second-order valence-electron chi connectivity index (χ2n) is 8.35.